The number of methoxy groups -OCH3 is 2. The van der Waals surface area contributed by atoms with E-state index in [1.165, 1.54) is 7.11 Å². The van der Waals surface area contributed by atoms with Gasteiger partial charge in [-0.1, -0.05) is 51.1 Å². The summed E-state index contributed by atoms with van der Waals surface area (Å²) in [4.78, 5) is 18.6. The van der Waals surface area contributed by atoms with Crippen LogP contribution in [0.4, 0.5) is 21.9 Å². The molecule has 262 valence electrons. The summed E-state index contributed by atoms with van der Waals surface area (Å²) in [5, 5.41) is 7.27. The Kier molecular flexibility index (Phi) is 10.7. The first-order valence-corrected chi connectivity index (χ1v) is 19.0. The van der Waals surface area contributed by atoms with Gasteiger partial charge in [0.2, 0.25) is 10.0 Å². The van der Waals surface area contributed by atoms with Gasteiger partial charge in [-0.25, -0.2) is 13.2 Å². The number of nitrogens with one attached hydrogen (secondary N) is 3. The molecule has 3 N–H and O–H groups in total. The zero-order valence-electron chi connectivity index (χ0n) is 28.9. The van der Waals surface area contributed by atoms with Gasteiger partial charge in [0.05, 0.1) is 53.2 Å². The average molecular weight is 717 g/mol. The number of ether oxygens (including phenoxy) is 3. The number of sulfonamides is 1. The molecule has 0 aliphatic rings. The third-order valence-corrected chi connectivity index (χ3v) is 9.32. The fourth-order valence-corrected chi connectivity index (χ4v) is 6.64. The molecule has 2 amide bonds. The molecule has 4 aromatic carbocycles. The zero-order chi connectivity index (χ0) is 36.2. The van der Waals surface area contributed by atoms with Crippen molar-refractivity contribution >= 4 is 54.7 Å². The van der Waals surface area contributed by atoms with Crippen LogP contribution in [0.2, 0.25) is 0 Å². The number of fused-ring (bicyclic) bond motifs is 1. The Morgan fingerprint density at radius 1 is 0.840 bits per heavy atom. The summed E-state index contributed by atoms with van der Waals surface area (Å²) in [5.41, 5.74) is 3.21. The lowest BCUT2D eigenvalue weighted by molar-refractivity contribution is 0.262. The molecule has 13 heteroatoms. The SMILES string of the molecule is COc1cc(Cc2cc(Oc3ccc(NC(=O)Nc4cc(C(C)(C)C)cc(NS(C)(=O)=O)c4OC)c4ccccc34)ccn2)ccc1S(C)=O. The number of hydrogen-bond donors (Lipinski definition) is 3. The molecule has 5 aromatic rings. The highest BCUT2D eigenvalue weighted by molar-refractivity contribution is 7.92. The Bertz CT molecular complexity index is 2200. The minimum atomic E-state index is -3.63. The lowest BCUT2D eigenvalue weighted by atomic mass is 9.86. The topological polar surface area (TPSA) is 145 Å². The molecular weight excluding hydrogens is 677 g/mol. The number of anilines is 3. The number of carbonyl (C=O) groups is 1. The van der Waals surface area contributed by atoms with E-state index >= 15 is 0 Å². The van der Waals surface area contributed by atoms with Gasteiger partial charge in [-0.2, -0.15) is 0 Å². The highest BCUT2D eigenvalue weighted by atomic mass is 32.2. The summed E-state index contributed by atoms with van der Waals surface area (Å²) in [7, 11) is -1.84. The number of hydrogen-bond acceptors (Lipinski definition) is 8. The van der Waals surface area contributed by atoms with E-state index in [4.69, 9.17) is 14.2 Å². The third kappa shape index (κ3) is 8.71. The van der Waals surface area contributed by atoms with E-state index in [2.05, 4.69) is 20.3 Å². The normalized spacial score (nSPS) is 12.2. The predicted octanol–water partition coefficient (Wildman–Crippen LogP) is 7.69. The van der Waals surface area contributed by atoms with Crippen molar-refractivity contribution in [1.29, 1.82) is 0 Å². The predicted molar refractivity (Wildman–Crippen MR) is 199 cm³/mol. The van der Waals surface area contributed by atoms with Crippen LogP contribution in [-0.4, -0.2) is 50.4 Å². The Hall–Kier alpha value is -5.14. The highest BCUT2D eigenvalue weighted by Gasteiger charge is 2.22. The van der Waals surface area contributed by atoms with Crippen molar-refractivity contribution in [2.75, 3.05) is 42.1 Å². The molecule has 0 radical (unpaired) electrons. The van der Waals surface area contributed by atoms with Crippen LogP contribution in [0.3, 0.4) is 0 Å². The van der Waals surface area contributed by atoms with Crippen LogP contribution in [-0.2, 0) is 32.7 Å². The van der Waals surface area contributed by atoms with E-state index in [1.807, 2.05) is 63.2 Å². The third-order valence-electron chi connectivity index (χ3n) is 7.77. The monoisotopic (exact) mass is 716 g/mol. The molecule has 0 aliphatic heterocycles. The van der Waals surface area contributed by atoms with Crippen LogP contribution in [0.25, 0.3) is 10.8 Å². The number of nitrogens with zero attached hydrogens (tertiary/aromatic N) is 1. The molecular formula is C37H40N4O7S2. The number of carbonyl (C=O) groups excluding carboxylic acids is 1. The Morgan fingerprint density at radius 3 is 2.20 bits per heavy atom. The van der Waals surface area contributed by atoms with Crippen molar-refractivity contribution in [3.05, 3.63) is 102 Å². The van der Waals surface area contributed by atoms with Gasteiger partial charge in [0.25, 0.3) is 0 Å². The van der Waals surface area contributed by atoms with Gasteiger partial charge in [0.1, 0.15) is 17.2 Å². The molecule has 0 aliphatic carbocycles. The van der Waals surface area contributed by atoms with Crippen LogP contribution >= 0.6 is 0 Å². The Labute approximate surface area is 294 Å². The largest absolute Gasteiger partial charge is 0.495 e. The molecule has 1 atom stereocenters. The number of urea groups is 1. The molecule has 1 aromatic heterocycles. The molecule has 5 rings (SSSR count). The van der Waals surface area contributed by atoms with Crippen molar-refractivity contribution in [2.45, 2.75) is 37.5 Å². The smallest absolute Gasteiger partial charge is 0.323 e. The maximum absolute atomic E-state index is 13.4. The minimum absolute atomic E-state index is 0.178. The van der Waals surface area contributed by atoms with Gasteiger partial charge in [-0.3, -0.25) is 13.9 Å². The molecule has 0 saturated carbocycles. The molecule has 0 fully saturated rings. The van der Waals surface area contributed by atoms with Gasteiger partial charge in [0, 0.05) is 41.4 Å². The van der Waals surface area contributed by atoms with Gasteiger partial charge in [-0.15, -0.1) is 0 Å². The Balaban J connectivity index is 1.39. The quantitative estimate of drug-likeness (QED) is 0.126. The zero-order valence-corrected chi connectivity index (χ0v) is 30.5. The number of amides is 2. The lowest BCUT2D eigenvalue weighted by Gasteiger charge is -2.24. The van der Waals surface area contributed by atoms with Crippen molar-refractivity contribution in [1.82, 2.24) is 4.98 Å². The van der Waals surface area contributed by atoms with Crippen molar-refractivity contribution in [2.24, 2.45) is 0 Å². The van der Waals surface area contributed by atoms with Crippen molar-refractivity contribution in [3.8, 4) is 23.0 Å². The second-order valence-electron chi connectivity index (χ2n) is 12.7. The lowest BCUT2D eigenvalue weighted by Crippen LogP contribution is -2.22. The average Bonchev–Trinajstić information content (AvgIpc) is 3.04. The van der Waals surface area contributed by atoms with Crippen LogP contribution in [0.15, 0.2) is 90.0 Å². The van der Waals surface area contributed by atoms with Crippen LogP contribution in [0.5, 0.6) is 23.0 Å². The van der Waals surface area contributed by atoms with Gasteiger partial charge in [0.15, 0.2) is 5.75 Å². The summed E-state index contributed by atoms with van der Waals surface area (Å²) in [6.07, 6.45) is 4.86. The standard InChI is InChI=1S/C37H40N4O7S2/c1-37(2,3)24-20-30(35(47-5)31(21-24)41-50(7,44)45)40-36(42)39-29-13-14-32(28-11-9-8-10-27(28)29)48-26-16-17-38-25(22-26)18-23-12-15-34(49(6)43)33(19-23)46-4/h8-17,19-22,41H,18H2,1-7H3,(H2,39,40,42). The van der Waals surface area contributed by atoms with E-state index in [1.54, 1.807) is 56.0 Å². The van der Waals surface area contributed by atoms with Gasteiger partial charge >= 0.3 is 6.03 Å². The molecule has 50 heavy (non-hydrogen) atoms. The van der Waals surface area contributed by atoms with Crippen LogP contribution in [0.1, 0.15) is 37.6 Å². The first-order chi connectivity index (χ1) is 23.6. The summed E-state index contributed by atoms with van der Waals surface area (Å²) in [5.74, 6) is 1.91. The first-order valence-electron chi connectivity index (χ1n) is 15.6. The van der Waals surface area contributed by atoms with E-state index in [9.17, 15) is 17.4 Å². The summed E-state index contributed by atoms with van der Waals surface area (Å²) >= 11 is 0. The van der Waals surface area contributed by atoms with Crippen LogP contribution in [0, 0.1) is 0 Å². The fraction of sp³-hybridized carbons (Fsp3) is 0.243. The minimum Gasteiger partial charge on any atom is -0.495 e. The Morgan fingerprint density at radius 2 is 1.54 bits per heavy atom. The second kappa shape index (κ2) is 14.8. The summed E-state index contributed by atoms with van der Waals surface area (Å²) < 4.78 is 56.1. The highest BCUT2D eigenvalue weighted by Crippen LogP contribution is 2.40. The molecule has 11 nitrogen and oxygen atoms in total. The van der Waals surface area contributed by atoms with Crippen molar-refractivity contribution < 1.29 is 31.6 Å². The van der Waals surface area contributed by atoms with Crippen LogP contribution < -0.4 is 29.6 Å². The number of aromatic nitrogens is 1. The second-order valence-corrected chi connectivity index (χ2v) is 15.8. The van der Waals surface area contributed by atoms with E-state index < -0.39 is 26.9 Å². The fourth-order valence-electron chi connectivity index (χ4n) is 5.41. The maximum atomic E-state index is 13.4. The van der Waals surface area contributed by atoms with Gasteiger partial charge < -0.3 is 24.8 Å². The number of pyridine rings is 1. The molecule has 0 saturated heterocycles. The summed E-state index contributed by atoms with van der Waals surface area (Å²) in [6.45, 7) is 5.96. The van der Waals surface area contributed by atoms with E-state index in [0.717, 1.165) is 33.8 Å². The first kappa shape index (κ1) is 36.1. The molecule has 1 heterocycles. The molecule has 0 spiro atoms. The number of benzene rings is 4. The number of rotatable bonds is 11. The van der Waals surface area contributed by atoms with E-state index in [0.29, 0.717) is 39.9 Å². The molecule has 1 unspecified atom stereocenters. The summed E-state index contributed by atoms with van der Waals surface area (Å²) in [6, 6.07) is 23.2. The van der Waals surface area contributed by atoms with Gasteiger partial charge in [-0.05, 0) is 59.0 Å². The molecule has 0 bridgehead atoms. The maximum Gasteiger partial charge on any atom is 0.323 e. The van der Waals surface area contributed by atoms with E-state index in [-0.39, 0.29) is 16.9 Å². The van der Waals surface area contributed by atoms with Crippen molar-refractivity contribution in [3.63, 3.8) is 0 Å².